The van der Waals surface area contributed by atoms with E-state index in [1.807, 2.05) is 20.8 Å². The number of carbonyl (C=O) groups is 1. The Bertz CT molecular complexity index is 360. The normalized spacial score (nSPS) is 23.6. The first kappa shape index (κ1) is 17.8. The molecule has 1 aliphatic carbocycles. The van der Waals surface area contributed by atoms with Crippen LogP contribution in [-0.4, -0.2) is 37.5 Å². The Labute approximate surface area is 129 Å². The van der Waals surface area contributed by atoms with Gasteiger partial charge in [-0.3, -0.25) is 9.79 Å². The van der Waals surface area contributed by atoms with Gasteiger partial charge in [0.2, 0.25) is 5.91 Å². The van der Waals surface area contributed by atoms with E-state index in [-0.39, 0.29) is 18.0 Å². The van der Waals surface area contributed by atoms with Gasteiger partial charge in [-0.15, -0.1) is 0 Å². The average Bonchev–Trinajstić information content (AvgIpc) is 2.38. The maximum Gasteiger partial charge on any atom is 0.239 e. The quantitative estimate of drug-likeness (QED) is 0.548. The van der Waals surface area contributed by atoms with Crippen LogP contribution >= 0.6 is 0 Å². The molecular weight excluding hydrogens is 264 g/mol. The Morgan fingerprint density at radius 2 is 1.86 bits per heavy atom. The van der Waals surface area contributed by atoms with Gasteiger partial charge in [0.1, 0.15) is 0 Å². The molecule has 0 saturated heterocycles. The molecule has 3 N–H and O–H groups in total. The third-order valence-corrected chi connectivity index (χ3v) is 3.98. The third-order valence-electron chi connectivity index (χ3n) is 3.98. The fourth-order valence-electron chi connectivity index (χ4n) is 2.77. The number of nitrogens with zero attached hydrogens (tertiary/aromatic N) is 1. The third kappa shape index (κ3) is 7.34. The van der Waals surface area contributed by atoms with Crippen molar-refractivity contribution in [3.8, 4) is 0 Å². The number of guanidine groups is 1. The smallest absolute Gasteiger partial charge is 0.239 e. The Kier molecular flexibility index (Phi) is 6.99. The van der Waals surface area contributed by atoms with E-state index in [0.717, 1.165) is 12.5 Å². The number of aliphatic imine (C=N–C) groups is 1. The molecule has 2 unspecified atom stereocenters. The van der Waals surface area contributed by atoms with Crippen molar-refractivity contribution in [2.75, 3.05) is 20.1 Å². The summed E-state index contributed by atoms with van der Waals surface area (Å²) in [7, 11) is 1.74. The molecule has 0 aromatic carbocycles. The molecule has 1 aliphatic rings. The summed E-state index contributed by atoms with van der Waals surface area (Å²) >= 11 is 0. The second kappa shape index (κ2) is 8.25. The maximum atomic E-state index is 11.8. The molecule has 0 spiro atoms. The largest absolute Gasteiger partial charge is 0.356 e. The van der Waals surface area contributed by atoms with Gasteiger partial charge in [-0.1, -0.05) is 26.2 Å². The standard InChI is InChI=1S/C16H32N4O/c1-12-8-6-7-9-13(12)10-18-15(17-5)19-11-14(21)20-16(2,3)4/h12-13H,6-11H2,1-5H3,(H,20,21)(H2,17,18,19). The molecule has 0 aliphatic heterocycles. The number of nitrogens with one attached hydrogen (secondary N) is 3. The van der Waals surface area contributed by atoms with Gasteiger partial charge in [-0.25, -0.2) is 0 Å². The Morgan fingerprint density at radius 1 is 1.19 bits per heavy atom. The lowest BCUT2D eigenvalue weighted by Gasteiger charge is -2.29. The maximum absolute atomic E-state index is 11.8. The molecule has 0 aromatic rings. The first-order chi connectivity index (χ1) is 9.81. The SMILES string of the molecule is CN=C(NCC(=O)NC(C)(C)C)NCC1CCCCC1C. The minimum atomic E-state index is -0.201. The molecule has 21 heavy (non-hydrogen) atoms. The van der Waals surface area contributed by atoms with E-state index in [4.69, 9.17) is 0 Å². The van der Waals surface area contributed by atoms with E-state index in [2.05, 4.69) is 27.9 Å². The monoisotopic (exact) mass is 296 g/mol. The Hall–Kier alpha value is -1.26. The van der Waals surface area contributed by atoms with Crippen LogP contribution in [-0.2, 0) is 4.79 Å². The van der Waals surface area contributed by atoms with Crippen molar-refractivity contribution in [3.05, 3.63) is 0 Å². The van der Waals surface area contributed by atoms with Crippen LogP contribution in [0.5, 0.6) is 0 Å². The summed E-state index contributed by atoms with van der Waals surface area (Å²) < 4.78 is 0. The van der Waals surface area contributed by atoms with Gasteiger partial charge in [0, 0.05) is 19.1 Å². The van der Waals surface area contributed by atoms with E-state index < -0.39 is 0 Å². The summed E-state index contributed by atoms with van der Waals surface area (Å²) in [4.78, 5) is 16.0. The lowest BCUT2D eigenvalue weighted by Crippen LogP contribution is -2.49. The highest BCUT2D eigenvalue weighted by atomic mass is 16.2. The van der Waals surface area contributed by atoms with Gasteiger partial charge in [0.05, 0.1) is 6.54 Å². The fraction of sp³-hybridized carbons (Fsp3) is 0.875. The average molecular weight is 296 g/mol. The van der Waals surface area contributed by atoms with Crippen LogP contribution in [0.25, 0.3) is 0 Å². The number of rotatable bonds is 4. The van der Waals surface area contributed by atoms with Crippen molar-refractivity contribution in [1.29, 1.82) is 0 Å². The van der Waals surface area contributed by atoms with Crippen LogP contribution in [0.15, 0.2) is 4.99 Å². The van der Waals surface area contributed by atoms with Crippen molar-refractivity contribution in [3.63, 3.8) is 0 Å². The van der Waals surface area contributed by atoms with Crippen LogP contribution in [0.2, 0.25) is 0 Å². The minimum Gasteiger partial charge on any atom is -0.356 e. The van der Waals surface area contributed by atoms with Crippen LogP contribution < -0.4 is 16.0 Å². The zero-order chi connectivity index (χ0) is 15.9. The van der Waals surface area contributed by atoms with Gasteiger partial charge in [0.25, 0.3) is 0 Å². The summed E-state index contributed by atoms with van der Waals surface area (Å²) in [5.74, 6) is 2.17. The molecule has 2 atom stereocenters. The second-order valence-corrected chi connectivity index (χ2v) is 7.13. The number of carbonyl (C=O) groups excluding carboxylic acids is 1. The van der Waals surface area contributed by atoms with E-state index in [1.54, 1.807) is 7.05 Å². The molecule has 0 aromatic heterocycles. The van der Waals surface area contributed by atoms with Crippen molar-refractivity contribution in [2.45, 2.75) is 58.9 Å². The highest BCUT2D eigenvalue weighted by Gasteiger charge is 2.21. The molecule has 0 radical (unpaired) electrons. The summed E-state index contributed by atoms with van der Waals surface area (Å²) in [5.41, 5.74) is -0.201. The summed E-state index contributed by atoms with van der Waals surface area (Å²) in [6.07, 6.45) is 5.30. The lowest BCUT2D eigenvalue weighted by molar-refractivity contribution is -0.121. The lowest BCUT2D eigenvalue weighted by atomic mass is 9.80. The van der Waals surface area contributed by atoms with Crippen LogP contribution in [0.4, 0.5) is 0 Å². The highest BCUT2D eigenvalue weighted by molar-refractivity contribution is 5.86. The van der Waals surface area contributed by atoms with Gasteiger partial charge in [-0.2, -0.15) is 0 Å². The molecule has 0 heterocycles. The first-order valence-corrected chi connectivity index (χ1v) is 8.07. The Morgan fingerprint density at radius 3 is 2.43 bits per heavy atom. The topological polar surface area (TPSA) is 65.5 Å². The van der Waals surface area contributed by atoms with Crippen molar-refractivity contribution in [2.24, 2.45) is 16.8 Å². The molecule has 5 nitrogen and oxygen atoms in total. The second-order valence-electron chi connectivity index (χ2n) is 7.13. The zero-order valence-corrected chi connectivity index (χ0v) is 14.3. The van der Waals surface area contributed by atoms with Gasteiger partial charge >= 0.3 is 0 Å². The van der Waals surface area contributed by atoms with Crippen LogP contribution in [0.3, 0.4) is 0 Å². The van der Waals surface area contributed by atoms with E-state index in [1.165, 1.54) is 25.7 Å². The van der Waals surface area contributed by atoms with Crippen LogP contribution in [0, 0.1) is 11.8 Å². The Balaban J connectivity index is 2.30. The molecule has 1 fully saturated rings. The molecule has 1 amide bonds. The number of hydrogen-bond acceptors (Lipinski definition) is 2. The van der Waals surface area contributed by atoms with Gasteiger partial charge < -0.3 is 16.0 Å². The number of hydrogen-bond donors (Lipinski definition) is 3. The highest BCUT2D eigenvalue weighted by Crippen LogP contribution is 2.28. The first-order valence-electron chi connectivity index (χ1n) is 8.07. The van der Waals surface area contributed by atoms with Gasteiger partial charge in [0.15, 0.2) is 5.96 Å². The van der Waals surface area contributed by atoms with Crippen molar-refractivity contribution in [1.82, 2.24) is 16.0 Å². The summed E-state index contributed by atoms with van der Waals surface area (Å²) in [5, 5.41) is 9.35. The molecular formula is C16H32N4O. The zero-order valence-electron chi connectivity index (χ0n) is 14.3. The van der Waals surface area contributed by atoms with Gasteiger partial charge in [-0.05, 0) is 39.0 Å². The molecule has 1 saturated carbocycles. The number of amides is 1. The molecule has 5 heteroatoms. The molecule has 1 rings (SSSR count). The van der Waals surface area contributed by atoms with Crippen molar-refractivity contribution < 1.29 is 4.79 Å². The van der Waals surface area contributed by atoms with E-state index in [9.17, 15) is 4.79 Å². The minimum absolute atomic E-state index is 0.0171. The fourth-order valence-corrected chi connectivity index (χ4v) is 2.77. The van der Waals surface area contributed by atoms with Crippen molar-refractivity contribution >= 4 is 11.9 Å². The predicted octanol–water partition coefficient (Wildman–Crippen LogP) is 1.89. The molecule has 122 valence electrons. The van der Waals surface area contributed by atoms with Crippen LogP contribution in [0.1, 0.15) is 53.4 Å². The summed E-state index contributed by atoms with van der Waals surface area (Å²) in [6.45, 7) is 9.44. The van der Waals surface area contributed by atoms with E-state index >= 15 is 0 Å². The molecule has 0 bridgehead atoms. The predicted molar refractivity (Wildman–Crippen MR) is 88.4 cm³/mol. The summed E-state index contributed by atoms with van der Waals surface area (Å²) in [6, 6.07) is 0. The van der Waals surface area contributed by atoms with E-state index in [0.29, 0.717) is 11.9 Å².